The van der Waals surface area contributed by atoms with Crippen LogP contribution in [0.25, 0.3) is 10.2 Å². The maximum Gasteiger partial charge on any atom is 0.220 e. The van der Waals surface area contributed by atoms with Crippen molar-refractivity contribution in [2.45, 2.75) is 19.3 Å². The lowest BCUT2D eigenvalue weighted by atomic mass is 9.93. The highest BCUT2D eigenvalue weighted by molar-refractivity contribution is 7.17. The van der Waals surface area contributed by atoms with Gasteiger partial charge in [0.2, 0.25) is 5.91 Å². The van der Waals surface area contributed by atoms with Crippen LogP contribution in [-0.4, -0.2) is 36.0 Å². The molecular weight excluding hydrogens is 272 g/mol. The second kappa shape index (κ2) is 5.75. The van der Waals surface area contributed by atoms with E-state index < -0.39 is 0 Å². The van der Waals surface area contributed by atoms with Crippen LogP contribution in [0.4, 0.5) is 5.82 Å². The molecule has 0 unspecified atom stereocenters. The highest BCUT2D eigenvalue weighted by atomic mass is 32.1. The normalized spacial score (nSPS) is 16.6. The summed E-state index contributed by atoms with van der Waals surface area (Å²) in [4.78, 5) is 22.5. The molecule has 1 amide bonds. The van der Waals surface area contributed by atoms with E-state index in [4.69, 9.17) is 0 Å². The third-order valence-corrected chi connectivity index (χ3v) is 4.79. The Labute approximate surface area is 122 Å². The van der Waals surface area contributed by atoms with E-state index in [0.717, 1.165) is 42.0 Å². The third-order valence-electron chi connectivity index (χ3n) is 3.89. The summed E-state index contributed by atoms with van der Waals surface area (Å²) in [7, 11) is 1.70. The molecule has 0 aliphatic carbocycles. The lowest BCUT2D eigenvalue weighted by Crippen LogP contribution is -2.36. The molecule has 3 heterocycles. The summed E-state index contributed by atoms with van der Waals surface area (Å²) in [5, 5.41) is 4.76. The number of thiophene rings is 1. The van der Waals surface area contributed by atoms with E-state index in [-0.39, 0.29) is 5.91 Å². The number of carbonyl (C=O) groups excluding carboxylic acids is 1. The SMILES string of the molecule is CNC(=O)CC1CCN(c2ncnc3ccsc23)CC1. The number of rotatable bonds is 3. The van der Waals surface area contributed by atoms with E-state index in [1.165, 1.54) is 0 Å². The van der Waals surface area contributed by atoms with Crippen LogP contribution in [0, 0.1) is 5.92 Å². The molecule has 1 saturated heterocycles. The van der Waals surface area contributed by atoms with Gasteiger partial charge in [-0.2, -0.15) is 0 Å². The number of fused-ring (bicyclic) bond motifs is 1. The summed E-state index contributed by atoms with van der Waals surface area (Å²) in [5.74, 6) is 1.68. The molecule has 0 saturated carbocycles. The first-order valence-electron chi connectivity index (χ1n) is 6.91. The van der Waals surface area contributed by atoms with Crippen molar-refractivity contribution < 1.29 is 4.79 Å². The second-order valence-electron chi connectivity index (χ2n) is 5.14. The first-order valence-corrected chi connectivity index (χ1v) is 7.79. The fourth-order valence-corrected chi connectivity index (χ4v) is 3.58. The third kappa shape index (κ3) is 2.60. The minimum absolute atomic E-state index is 0.145. The van der Waals surface area contributed by atoms with Crippen molar-refractivity contribution in [3.63, 3.8) is 0 Å². The highest BCUT2D eigenvalue weighted by Gasteiger charge is 2.23. The van der Waals surface area contributed by atoms with Gasteiger partial charge in [-0.3, -0.25) is 4.79 Å². The Kier molecular flexibility index (Phi) is 3.82. The summed E-state index contributed by atoms with van der Waals surface area (Å²) < 4.78 is 1.16. The predicted octanol–water partition coefficient (Wildman–Crippen LogP) is 2.04. The van der Waals surface area contributed by atoms with Gasteiger partial charge in [0.05, 0.1) is 10.2 Å². The molecule has 6 heteroatoms. The molecule has 1 N–H and O–H groups in total. The predicted molar refractivity (Wildman–Crippen MR) is 81.0 cm³/mol. The molecule has 1 fully saturated rings. The zero-order chi connectivity index (χ0) is 13.9. The standard InChI is InChI=1S/C14H18N4OS/c1-15-12(19)8-10-2-5-18(6-3-10)14-13-11(4-7-20-13)16-9-17-14/h4,7,9-10H,2-3,5-6,8H2,1H3,(H,15,19). The van der Waals surface area contributed by atoms with Gasteiger partial charge in [-0.1, -0.05) is 0 Å². The second-order valence-corrected chi connectivity index (χ2v) is 6.06. The molecule has 1 aliphatic rings. The number of anilines is 1. The van der Waals surface area contributed by atoms with E-state index in [2.05, 4.69) is 25.6 Å². The van der Waals surface area contributed by atoms with Crippen LogP contribution < -0.4 is 10.2 Å². The van der Waals surface area contributed by atoms with Crippen LogP contribution in [-0.2, 0) is 4.79 Å². The average molecular weight is 290 g/mol. The maximum atomic E-state index is 11.4. The molecule has 0 spiro atoms. The van der Waals surface area contributed by atoms with E-state index in [9.17, 15) is 4.79 Å². The van der Waals surface area contributed by atoms with Crippen molar-refractivity contribution >= 4 is 33.3 Å². The smallest absolute Gasteiger partial charge is 0.220 e. The first kappa shape index (κ1) is 13.3. The van der Waals surface area contributed by atoms with Crippen molar-refractivity contribution in [3.05, 3.63) is 17.8 Å². The maximum absolute atomic E-state index is 11.4. The highest BCUT2D eigenvalue weighted by Crippen LogP contribution is 2.31. The van der Waals surface area contributed by atoms with Gasteiger partial charge >= 0.3 is 0 Å². The Morgan fingerprint density at radius 3 is 3.00 bits per heavy atom. The average Bonchev–Trinajstić information content (AvgIpc) is 2.96. The van der Waals surface area contributed by atoms with Crippen molar-refractivity contribution in [1.82, 2.24) is 15.3 Å². The van der Waals surface area contributed by atoms with E-state index in [1.807, 2.05) is 6.07 Å². The summed E-state index contributed by atoms with van der Waals surface area (Å²) >= 11 is 1.69. The van der Waals surface area contributed by atoms with E-state index in [1.54, 1.807) is 24.7 Å². The summed E-state index contributed by atoms with van der Waals surface area (Å²) in [6.07, 6.45) is 4.37. The van der Waals surface area contributed by atoms with Gasteiger partial charge in [-0.15, -0.1) is 11.3 Å². The van der Waals surface area contributed by atoms with Crippen LogP contribution in [0.1, 0.15) is 19.3 Å². The van der Waals surface area contributed by atoms with Crippen LogP contribution in [0.15, 0.2) is 17.8 Å². The monoisotopic (exact) mass is 290 g/mol. The van der Waals surface area contributed by atoms with Gasteiger partial charge in [-0.25, -0.2) is 9.97 Å². The van der Waals surface area contributed by atoms with Gasteiger partial charge in [-0.05, 0) is 30.2 Å². The number of piperidine rings is 1. The fourth-order valence-electron chi connectivity index (χ4n) is 2.71. The number of nitrogens with zero attached hydrogens (tertiary/aromatic N) is 3. The number of aromatic nitrogens is 2. The number of nitrogens with one attached hydrogen (secondary N) is 1. The lowest BCUT2D eigenvalue weighted by molar-refractivity contribution is -0.121. The molecule has 1 aliphatic heterocycles. The minimum Gasteiger partial charge on any atom is -0.359 e. The first-order chi connectivity index (χ1) is 9.78. The number of hydrogen-bond acceptors (Lipinski definition) is 5. The Bertz CT molecular complexity index is 604. The molecule has 5 nitrogen and oxygen atoms in total. The van der Waals surface area contributed by atoms with Gasteiger partial charge in [0.25, 0.3) is 0 Å². The van der Waals surface area contributed by atoms with Crippen molar-refractivity contribution in [3.8, 4) is 0 Å². The van der Waals surface area contributed by atoms with Gasteiger partial charge in [0.1, 0.15) is 12.1 Å². The van der Waals surface area contributed by atoms with Crippen LogP contribution >= 0.6 is 11.3 Å². The number of carbonyl (C=O) groups is 1. The Morgan fingerprint density at radius 2 is 2.25 bits per heavy atom. The van der Waals surface area contributed by atoms with Gasteiger partial charge in [0, 0.05) is 26.6 Å². The van der Waals surface area contributed by atoms with E-state index in [0.29, 0.717) is 12.3 Å². The molecule has 2 aromatic rings. The number of amides is 1. The fraction of sp³-hybridized carbons (Fsp3) is 0.500. The molecule has 0 radical (unpaired) electrons. The quantitative estimate of drug-likeness (QED) is 0.940. The molecule has 106 valence electrons. The molecular formula is C14H18N4OS. The Balaban J connectivity index is 1.69. The van der Waals surface area contributed by atoms with Crippen molar-refractivity contribution in [1.29, 1.82) is 0 Å². The van der Waals surface area contributed by atoms with Crippen molar-refractivity contribution in [2.75, 3.05) is 25.0 Å². The molecule has 20 heavy (non-hydrogen) atoms. The zero-order valence-electron chi connectivity index (χ0n) is 11.5. The Morgan fingerprint density at radius 1 is 1.45 bits per heavy atom. The topological polar surface area (TPSA) is 58.1 Å². The lowest BCUT2D eigenvalue weighted by Gasteiger charge is -2.32. The number of hydrogen-bond donors (Lipinski definition) is 1. The van der Waals surface area contributed by atoms with Crippen LogP contribution in [0.2, 0.25) is 0 Å². The van der Waals surface area contributed by atoms with E-state index >= 15 is 0 Å². The molecule has 0 atom stereocenters. The minimum atomic E-state index is 0.145. The van der Waals surface area contributed by atoms with Crippen molar-refractivity contribution in [2.24, 2.45) is 5.92 Å². The molecule has 2 aromatic heterocycles. The van der Waals surface area contributed by atoms with Crippen LogP contribution in [0.3, 0.4) is 0 Å². The molecule has 3 rings (SSSR count). The van der Waals surface area contributed by atoms with Gasteiger partial charge in [0.15, 0.2) is 0 Å². The van der Waals surface area contributed by atoms with Gasteiger partial charge < -0.3 is 10.2 Å². The Hall–Kier alpha value is -1.69. The summed E-state index contributed by atoms with van der Waals surface area (Å²) in [5.41, 5.74) is 1.02. The summed E-state index contributed by atoms with van der Waals surface area (Å²) in [6, 6.07) is 2.03. The summed E-state index contributed by atoms with van der Waals surface area (Å²) in [6.45, 7) is 1.93. The molecule has 0 bridgehead atoms. The largest absolute Gasteiger partial charge is 0.359 e. The molecule has 0 aromatic carbocycles. The van der Waals surface area contributed by atoms with Crippen LogP contribution in [0.5, 0.6) is 0 Å². The zero-order valence-corrected chi connectivity index (χ0v) is 12.3.